The molecule has 1 rings (SSSR count). The summed E-state index contributed by atoms with van der Waals surface area (Å²) in [6.07, 6.45) is 13.5. The predicted octanol–water partition coefficient (Wildman–Crippen LogP) is 8.35. The average molecular weight is 394 g/mol. The summed E-state index contributed by atoms with van der Waals surface area (Å²) in [6.45, 7) is 2.27. The van der Waals surface area contributed by atoms with Gasteiger partial charge in [0.1, 0.15) is 0 Å². The molecule has 0 aliphatic heterocycles. The van der Waals surface area contributed by atoms with E-state index in [-0.39, 0.29) is 0 Å². The molecule has 0 aliphatic carbocycles. The fourth-order valence-electron chi connectivity index (χ4n) is 2.51. The maximum absolute atomic E-state index is 6.06. The molecule has 1 aromatic carbocycles. The van der Waals surface area contributed by atoms with E-state index in [0.29, 0.717) is 14.9 Å². The summed E-state index contributed by atoms with van der Waals surface area (Å²) < 4.78 is 0. The van der Waals surface area contributed by atoms with E-state index in [1.165, 1.54) is 63.4 Å². The number of alkyl halides is 1. The minimum atomic E-state index is 0.386. The van der Waals surface area contributed by atoms with E-state index < -0.39 is 0 Å². The second-order valence-corrected chi connectivity index (χ2v) is 7.68. The lowest BCUT2D eigenvalue weighted by molar-refractivity contribution is 0.556. The van der Waals surface area contributed by atoms with Crippen LogP contribution >= 0.6 is 39.1 Å². The van der Waals surface area contributed by atoms with Crippen LogP contribution in [0.3, 0.4) is 0 Å². The Kier molecular flexibility index (Phi) is 10.9. The van der Waals surface area contributed by atoms with Gasteiger partial charge >= 0.3 is 0 Å². The van der Waals surface area contributed by atoms with E-state index in [1.54, 1.807) is 0 Å². The molecule has 120 valence electrons. The van der Waals surface area contributed by atoms with Crippen LogP contribution in [0.25, 0.3) is 0 Å². The van der Waals surface area contributed by atoms with Crippen molar-refractivity contribution in [1.29, 1.82) is 0 Å². The summed E-state index contributed by atoms with van der Waals surface area (Å²) in [5, 5.41) is 1.27. The third-order valence-electron chi connectivity index (χ3n) is 3.87. The van der Waals surface area contributed by atoms with Gasteiger partial charge in [0, 0.05) is 4.83 Å². The van der Waals surface area contributed by atoms with Gasteiger partial charge in [0.15, 0.2) is 0 Å². The topological polar surface area (TPSA) is 0 Å². The van der Waals surface area contributed by atoms with Crippen LogP contribution in [0.4, 0.5) is 0 Å². The van der Waals surface area contributed by atoms with Crippen LogP contribution in [-0.4, -0.2) is 0 Å². The molecule has 0 spiro atoms. The summed E-state index contributed by atoms with van der Waals surface area (Å²) in [4.78, 5) is 0.386. The minimum absolute atomic E-state index is 0.386. The van der Waals surface area contributed by atoms with Crippen molar-refractivity contribution in [2.24, 2.45) is 0 Å². The van der Waals surface area contributed by atoms with Crippen molar-refractivity contribution in [2.45, 2.75) is 76.0 Å². The highest BCUT2D eigenvalue weighted by atomic mass is 79.9. The van der Waals surface area contributed by atoms with Crippen LogP contribution in [0.15, 0.2) is 18.2 Å². The molecule has 0 fully saturated rings. The summed E-state index contributed by atoms with van der Waals surface area (Å²) in [5.74, 6) is 0. The fourth-order valence-corrected chi connectivity index (χ4v) is 3.42. The zero-order valence-electron chi connectivity index (χ0n) is 13.0. The maximum atomic E-state index is 6.06. The molecular weight excluding hydrogens is 367 g/mol. The fraction of sp³-hybridized carbons (Fsp3) is 0.667. The number of benzene rings is 1. The first kappa shape index (κ1) is 19.3. The molecule has 0 bridgehead atoms. The van der Waals surface area contributed by atoms with Crippen molar-refractivity contribution in [3.05, 3.63) is 33.8 Å². The number of hydrogen-bond acceptors (Lipinski definition) is 0. The Morgan fingerprint density at radius 3 is 2.00 bits per heavy atom. The standard InChI is InChI=1S/C18H27BrCl2/c1-2-3-4-5-6-7-8-9-10-11-16(19)15-12-13-17(20)18(21)14-15/h12-14,16H,2-11H2,1H3. The SMILES string of the molecule is CCCCCCCCCCCC(Br)c1ccc(Cl)c(Cl)c1. The maximum Gasteiger partial charge on any atom is 0.0595 e. The largest absolute Gasteiger partial charge is 0.0839 e. The first-order chi connectivity index (χ1) is 10.1. The van der Waals surface area contributed by atoms with Crippen LogP contribution in [0.5, 0.6) is 0 Å². The van der Waals surface area contributed by atoms with Gasteiger partial charge in [0.25, 0.3) is 0 Å². The van der Waals surface area contributed by atoms with Gasteiger partial charge in [0.2, 0.25) is 0 Å². The summed E-state index contributed by atoms with van der Waals surface area (Å²) in [5.41, 5.74) is 1.23. The molecule has 0 saturated heterocycles. The molecule has 0 heterocycles. The quantitative estimate of drug-likeness (QED) is 0.261. The normalized spacial score (nSPS) is 12.6. The van der Waals surface area contributed by atoms with Crippen LogP contribution < -0.4 is 0 Å². The number of halogens is 3. The molecule has 1 unspecified atom stereocenters. The lowest BCUT2D eigenvalue weighted by atomic mass is 10.0. The number of rotatable bonds is 11. The van der Waals surface area contributed by atoms with Crippen LogP contribution in [-0.2, 0) is 0 Å². The van der Waals surface area contributed by atoms with E-state index in [1.807, 2.05) is 12.1 Å². The average Bonchev–Trinajstić information content (AvgIpc) is 2.48. The van der Waals surface area contributed by atoms with Crippen LogP contribution in [0, 0.1) is 0 Å². The Morgan fingerprint density at radius 1 is 0.857 bits per heavy atom. The van der Waals surface area contributed by atoms with Crippen LogP contribution in [0.2, 0.25) is 10.0 Å². The van der Waals surface area contributed by atoms with Gasteiger partial charge in [-0.2, -0.15) is 0 Å². The first-order valence-electron chi connectivity index (χ1n) is 8.24. The highest BCUT2D eigenvalue weighted by Crippen LogP contribution is 2.32. The van der Waals surface area contributed by atoms with Gasteiger partial charge in [-0.3, -0.25) is 0 Å². The highest BCUT2D eigenvalue weighted by Gasteiger charge is 2.09. The third-order valence-corrected chi connectivity index (χ3v) is 5.59. The van der Waals surface area contributed by atoms with Crippen molar-refractivity contribution in [3.8, 4) is 0 Å². The molecule has 0 nitrogen and oxygen atoms in total. The van der Waals surface area contributed by atoms with Crippen molar-refractivity contribution in [2.75, 3.05) is 0 Å². The summed E-state index contributed by atoms with van der Waals surface area (Å²) >= 11 is 15.8. The van der Waals surface area contributed by atoms with Gasteiger partial charge in [-0.25, -0.2) is 0 Å². The highest BCUT2D eigenvalue weighted by molar-refractivity contribution is 9.09. The predicted molar refractivity (Wildman–Crippen MR) is 100.0 cm³/mol. The smallest absolute Gasteiger partial charge is 0.0595 e. The molecule has 21 heavy (non-hydrogen) atoms. The molecular formula is C18H27BrCl2. The third kappa shape index (κ3) is 8.47. The van der Waals surface area contributed by atoms with E-state index in [9.17, 15) is 0 Å². The van der Waals surface area contributed by atoms with Gasteiger partial charge in [-0.05, 0) is 24.1 Å². The molecule has 1 atom stereocenters. The minimum Gasteiger partial charge on any atom is -0.0839 e. The van der Waals surface area contributed by atoms with E-state index in [4.69, 9.17) is 23.2 Å². The second kappa shape index (κ2) is 11.8. The molecule has 3 heteroatoms. The first-order valence-corrected chi connectivity index (χ1v) is 9.91. The Balaban J connectivity index is 2.08. The Labute approximate surface area is 148 Å². The van der Waals surface area contributed by atoms with Crippen molar-refractivity contribution in [1.82, 2.24) is 0 Å². The number of hydrogen-bond donors (Lipinski definition) is 0. The zero-order chi connectivity index (χ0) is 15.5. The van der Waals surface area contributed by atoms with Gasteiger partial charge in [-0.1, -0.05) is 110 Å². The monoisotopic (exact) mass is 392 g/mol. The van der Waals surface area contributed by atoms with Gasteiger partial charge in [-0.15, -0.1) is 0 Å². The van der Waals surface area contributed by atoms with Crippen molar-refractivity contribution >= 4 is 39.1 Å². The summed E-state index contributed by atoms with van der Waals surface area (Å²) in [7, 11) is 0. The second-order valence-electron chi connectivity index (χ2n) is 5.76. The molecule has 1 aromatic rings. The van der Waals surface area contributed by atoms with Crippen molar-refractivity contribution in [3.63, 3.8) is 0 Å². The van der Waals surface area contributed by atoms with E-state index in [2.05, 4.69) is 28.9 Å². The molecule has 0 amide bonds. The zero-order valence-corrected chi connectivity index (χ0v) is 16.1. The lowest BCUT2D eigenvalue weighted by Gasteiger charge is -2.11. The Bertz CT molecular complexity index is 393. The Morgan fingerprint density at radius 2 is 1.43 bits per heavy atom. The summed E-state index contributed by atoms with van der Waals surface area (Å²) in [6, 6.07) is 5.90. The molecule has 0 N–H and O–H groups in total. The van der Waals surface area contributed by atoms with Gasteiger partial charge in [0.05, 0.1) is 10.0 Å². The molecule has 0 aliphatic rings. The van der Waals surface area contributed by atoms with E-state index in [0.717, 1.165) is 6.42 Å². The van der Waals surface area contributed by atoms with Gasteiger partial charge < -0.3 is 0 Å². The lowest BCUT2D eigenvalue weighted by Crippen LogP contribution is -1.91. The van der Waals surface area contributed by atoms with Crippen molar-refractivity contribution < 1.29 is 0 Å². The molecule has 0 radical (unpaired) electrons. The Hall–Kier alpha value is 0.280. The molecule has 0 saturated carbocycles. The van der Waals surface area contributed by atoms with E-state index >= 15 is 0 Å². The molecule has 0 aromatic heterocycles. The van der Waals surface area contributed by atoms with Crippen LogP contribution in [0.1, 0.15) is 81.5 Å². The number of unbranched alkanes of at least 4 members (excludes halogenated alkanes) is 8.